The van der Waals surface area contributed by atoms with Gasteiger partial charge in [-0.1, -0.05) is 41.6 Å². The molecule has 0 atom stereocenters. The Morgan fingerprint density at radius 1 is 1.13 bits per heavy atom. The number of amides is 1. The van der Waals surface area contributed by atoms with Gasteiger partial charge in [0.15, 0.2) is 11.0 Å². The number of anilines is 1. The molecule has 0 aliphatic rings. The number of nitrogens with one attached hydrogen (secondary N) is 1. The quantitative estimate of drug-likeness (QED) is 0.409. The minimum atomic E-state index is -0.212. The number of hydrogen-bond acceptors (Lipinski definition) is 6. The zero-order chi connectivity index (χ0) is 21.6. The molecule has 9 heteroatoms. The number of pyridine rings is 1. The Hall–Kier alpha value is -3.36. The molecule has 2 aromatic heterocycles. The van der Waals surface area contributed by atoms with E-state index in [9.17, 15) is 4.79 Å². The number of thioether (sulfide) groups is 1. The molecule has 0 aliphatic carbocycles. The summed E-state index contributed by atoms with van der Waals surface area (Å²) in [5.41, 5.74) is 2.24. The molecule has 2 heterocycles. The molecule has 4 rings (SSSR count). The topological polar surface area (TPSA) is 81.9 Å². The number of hydrogen-bond donors (Lipinski definition) is 1. The van der Waals surface area contributed by atoms with Crippen molar-refractivity contribution in [3.63, 3.8) is 0 Å². The van der Waals surface area contributed by atoms with E-state index in [1.807, 2.05) is 47.0 Å². The minimum absolute atomic E-state index is 0.133. The van der Waals surface area contributed by atoms with E-state index in [0.29, 0.717) is 27.4 Å². The molecule has 0 aliphatic heterocycles. The summed E-state index contributed by atoms with van der Waals surface area (Å²) < 4.78 is 7.19. The number of halogens is 1. The summed E-state index contributed by atoms with van der Waals surface area (Å²) in [6.07, 6.45) is 3.44. The summed E-state index contributed by atoms with van der Waals surface area (Å²) in [6, 6.07) is 18.6. The Labute approximate surface area is 188 Å². The Morgan fingerprint density at radius 3 is 2.71 bits per heavy atom. The van der Waals surface area contributed by atoms with Gasteiger partial charge in [0.2, 0.25) is 5.91 Å². The van der Waals surface area contributed by atoms with Crippen LogP contribution >= 0.6 is 23.4 Å². The zero-order valence-corrected chi connectivity index (χ0v) is 18.1. The van der Waals surface area contributed by atoms with Crippen molar-refractivity contribution in [2.45, 2.75) is 5.16 Å². The standard InChI is InChI=1S/C22H18ClN5O2S/c1-30-19-10-9-16(23)12-18(19)25-20(29)14-31-22-27-26-21(15-6-5-11-24-13-15)28(22)17-7-3-2-4-8-17/h2-13H,14H2,1H3,(H,25,29). The van der Waals surface area contributed by atoms with E-state index in [1.54, 1.807) is 30.6 Å². The van der Waals surface area contributed by atoms with Crippen LogP contribution in [0.15, 0.2) is 78.2 Å². The lowest BCUT2D eigenvalue weighted by Crippen LogP contribution is -2.15. The van der Waals surface area contributed by atoms with Crippen molar-refractivity contribution in [1.29, 1.82) is 0 Å². The fraction of sp³-hybridized carbons (Fsp3) is 0.0909. The molecule has 7 nitrogen and oxygen atoms in total. The summed E-state index contributed by atoms with van der Waals surface area (Å²) >= 11 is 7.33. The van der Waals surface area contributed by atoms with E-state index >= 15 is 0 Å². The lowest BCUT2D eigenvalue weighted by Gasteiger charge is -2.11. The van der Waals surface area contributed by atoms with E-state index in [0.717, 1.165) is 11.3 Å². The van der Waals surface area contributed by atoms with Crippen LogP contribution in [-0.2, 0) is 4.79 Å². The summed E-state index contributed by atoms with van der Waals surface area (Å²) in [7, 11) is 1.54. The molecular formula is C22H18ClN5O2S. The smallest absolute Gasteiger partial charge is 0.234 e. The highest BCUT2D eigenvalue weighted by Crippen LogP contribution is 2.30. The third kappa shape index (κ3) is 4.87. The number of para-hydroxylation sites is 1. The number of benzene rings is 2. The van der Waals surface area contributed by atoms with Crippen LogP contribution in [0.2, 0.25) is 5.02 Å². The van der Waals surface area contributed by atoms with Crippen molar-refractivity contribution in [3.8, 4) is 22.8 Å². The van der Waals surface area contributed by atoms with Crippen LogP contribution in [0.4, 0.5) is 5.69 Å². The van der Waals surface area contributed by atoms with Crippen molar-refractivity contribution < 1.29 is 9.53 Å². The lowest BCUT2D eigenvalue weighted by molar-refractivity contribution is -0.113. The largest absolute Gasteiger partial charge is 0.495 e. The van der Waals surface area contributed by atoms with Crippen LogP contribution in [0.3, 0.4) is 0 Å². The monoisotopic (exact) mass is 451 g/mol. The van der Waals surface area contributed by atoms with E-state index in [1.165, 1.54) is 18.9 Å². The molecule has 1 N–H and O–H groups in total. The minimum Gasteiger partial charge on any atom is -0.495 e. The highest BCUT2D eigenvalue weighted by Gasteiger charge is 2.18. The van der Waals surface area contributed by atoms with Gasteiger partial charge in [0.25, 0.3) is 0 Å². The number of rotatable bonds is 7. The van der Waals surface area contributed by atoms with E-state index < -0.39 is 0 Å². The SMILES string of the molecule is COc1ccc(Cl)cc1NC(=O)CSc1nnc(-c2cccnc2)n1-c1ccccc1. The normalized spacial score (nSPS) is 10.6. The maximum absolute atomic E-state index is 12.6. The number of carbonyl (C=O) groups is 1. The second-order valence-corrected chi connectivity index (χ2v) is 7.78. The molecule has 0 unspecified atom stereocenters. The Bertz CT molecular complexity index is 1190. The first-order chi connectivity index (χ1) is 15.2. The number of carbonyl (C=O) groups excluding carboxylic acids is 1. The first-order valence-corrected chi connectivity index (χ1v) is 10.7. The number of ether oxygens (including phenoxy) is 1. The Morgan fingerprint density at radius 2 is 1.97 bits per heavy atom. The van der Waals surface area contributed by atoms with Crippen LogP contribution in [-0.4, -0.2) is 38.5 Å². The van der Waals surface area contributed by atoms with Crippen molar-refractivity contribution >= 4 is 35.0 Å². The van der Waals surface area contributed by atoms with Crippen LogP contribution in [0.1, 0.15) is 0 Å². The van der Waals surface area contributed by atoms with Crippen molar-refractivity contribution in [2.24, 2.45) is 0 Å². The average molecular weight is 452 g/mol. The first kappa shape index (κ1) is 20.9. The van der Waals surface area contributed by atoms with Gasteiger partial charge in [0, 0.05) is 28.7 Å². The number of methoxy groups -OCH3 is 1. The highest BCUT2D eigenvalue weighted by molar-refractivity contribution is 7.99. The Kier molecular flexibility index (Phi) is 6.49. The predicted molar refractivity (Wildman–Crippen MR) is 122 cm³/mol. The van der Waals surface area contributed by atoms with Gasteiger partial charge in [-0.25, -0.2) is 0 Å². The van der Waals surface area contributed by atoms with Crippen molar-refractivity contribution in [3.05, 3.63) is 78.1 Å². The van der Waals surface area contributed by atoms with Crippen LogP contribution in [0.5, 0.6) is 5.75 Å². The summed E-state index contributed by atoms with van der Waals surface area (Å²) in [5, 5.41) is 12.6. The third-order valence-corrected chi connectivity index (χ3v) is 5.50. The van der Waals surface area contributed by atoms with Crippen LogP contribution < -0.4 is 10.1 Å². The van der Waals surface area contributed by atoms with Crippen LogP contribution in [0.25, 0.3) is 17.1 Å². The van der Waals surface area contributed by atoms with Crippen molar-refractivity contribution in [1.82, 2.24) is 19.7 Å². The van der Waals surface area contributed by atoms with Gasteiger partial charge in [-0.2, -0.15) is 0 Å². The maximum atomic E-state index is 12.6. The first-order valence-electron chi connectivity index (χ1n) is 9.33. The fourth-order valence-electron chi connectivity index (χ4n) is 2.95. The number of nitrogens with zero attached hydrogens (tertiary/aromatic N) is 4. The molecule has 4 aromatic rings. The summed E-state index contributed by atoms with van der Waals surface area (Å²) in [5.74, 6) is 1.11. The molecule has 1 amide bonds. The maximum Gasteiger partial charge on any atom is 0.234 e. The molecule has 2 aromatic carbocycles. The lowest BCUT2D eigenvalue weighted by atomic mass is 10.2. The molecule has 0 radical (unpaired) electrons. The second-order valence-electron chi connectivity index (χ2n) is 6.40. The molecule has 0 bridgehead atoms. The van der Waals surface area contributed by atoms with E-state index in [4.69, 9.17) is 16.3 Å². The van der Waals surface area contributed by atoms with E-state index in [-0.39, 0.29) is 11.7 Å². The highest BCUT2D eigenvalue weighted by atomic mass is 35.5. The molecule has 0 saturated carbocycles. The summed E-state index contributed by atoms with van der Waals surface area (Å²) in [6.45, 7) is 0. The van der Waals surface area contributed by atoms with Crippen LogP contribution in [0, 0.1) is 0 Å². The molecule has 0 spiro atoms. The predicted octanol–water partition coefficient (Wildman–Crippen LogP) is 4.72. The van der Waals surface area contributed by atoms with Crippen molar-refractivity contribution in [2.75, 3.05) is 18.2 Å². The van der Waals surface area contributed by atoms with Gasteiger partial charge in [-0.3, -0.25) is 14.3 Å². The summed E-state index contributed by atoms with van der Waals surface area (Å²) in [4.78, 5) is 16.8. The van der Waals surface area contributed by atoms with Gasteiger partial charge >= 0.3 is 0 Å². The van der Waals surface area contributed by atoms with Gasteiger partial charge in [0.1, 0.15) is 5.75 Å². The van der Waals surface area contributed by atoms with Gasteiger partial charge in [0.05, 0.1) is 18.6 Å². The van der Waals surface area contributed by atoms with E-state index in [2.05, 4.69) is 20.5 Å². The third-order valence-electron chi connectivity index (χ3n) is 4.34. The molecular weight excluding hydrogens is 434 g/mol. The zero-order valence-electron chi connectivity index (χ0n) is 16.5. The fourth-order valence-corrected chi connectivity index (χ4v) is 3.87. The molecule has 0 saturated heterocycles. The average Bonchev–Trinajstić information content (AvgIpc) is 3.23. The van der Waals surface area contributed by atoms with Gasteiger partial charge in [-0.15, -0.1) is 10.2 Å². The second kappa shape index (κ2) is 9.63. The molecule has 156 valence electrons. The molecule has 31 heavy (non-hydrogen) atoms. The van der Waals surface area contributed by atoms with Gasteiger partial charge < -0.3 is 10.1 Å². The van der Waals surface area contributed by atoms with Gasteiger partial charge in [-0.05, 0) is 42.5 Å². The number of aromatic nitrogens is 4. The Balaban J connectivity index is 1.57. The molecule has 0 fully saturated rings.